The van der Waals surface area contributed by atoms with Crippen molar-refractivity contribution in [1.29, 1.82) is 0 Å². The largest absolute Gasteiger partial charge is 0.261 e. The van der Waals surface area contributed by atoms with Crippen LogP contribution in [-0.4, -0.2) is 5.71 Å². The highest BCUT2D eigenvalue weighted by Crippen LogP contribution is 2.28. The third-order valence-electron chi connectivity index (χ3n) is 2.96. The smallest absolute Gasteiger partial charge is 0.0421 e. The highest BCUT2D eigenvalue weighted by atomic mass is 14.8. The van der Waals surface area contributed by atoms with Gasteiger partial charge in [0.05, 0.1) is 0 Å². The van der Waals surface area contributed by atoms with Gasteiger partial charge < -0.3 is 0 Å². The van der Waals surface area contributed by atoms with E-state index in [1.54, 1.807) is 0 Å². The molecule has 0 aromatic heterocycles. The van der Waals surface area contributed by atoms with Crippen LogP contribution in [-0.2, 0) is 0 Å². The van der Waals surface area contributed by atoms with E-state index in [-0.39, 0.29) is 5.41 Å². The van der Waals surface area contributed by atoms with E-state index in [2.05, 4.69) is 65.0 Å². The Morgan fingerprint density at radius 2 is 1.80 bits per heavy atom. The number of allylic oxidation sites excluding steroid dienone is 6. The van der Waals surface area contributed by atoms with Gasteiger partial charge in [0.2, 0.25) is 0 Å². The van der Waals surface area contributed by atoms with E-state index < -0.39 is 0 Å². The Morgan fingerprint density at radius 1 is 1.27 bits per heavy atom. The van der Waals surface area contributed by atoms with Crippen LogP contribution in [0.3, 0.4) is 0 Å². The minimum atomic E-state index is 0.0170. The SMILES string of the molecule is C/C=C(\N=C(C)C1(C)C=CC=C1)C(C)C. The molecule has 1 heteroatoms. The molecule has 1 nitrogen and oxygen atoms in total. The minimum Gasteiger partial charge on any atom is -0.261 e. The molecule has 0 fully saturated rings. The number of nitrogens with zero attached hydrogens (tertiary/aromatic N) is 1. The molecule has 0 saturated heterocycles. The Labute approximate surface area is 93.3 Å². The number of aliphatic imine (C=N–C) groups is 1. The lowest BCUT2D eigenvalue weighted by Gasteiger charge is -2.20. The fraction of sp³-hybridized carbons (Fsp3) is 0.500. The lowest BCUT2D eigenvalue weighted by Crippen LogP contribution is -2.19. The maximum Gasteiger partial charge on any atom is 0.0421 e. The first-order valence-corrected chi connectivity index (χ1v) is 5.58. The molecule has 0 saturated carbocycles. The summed E-state index contributed by atoms with van der Waals surface area (Å²) in [6, 6.07) is 0. The van der Waals surface area contributed by atoms with E-state index in [0.717, 1.165) is 5.71 Å². The highest BCUT2D eigenvalue weighted by molar-refractivity contribution is 5.92. The van der Waals surface area contributed by atoms with Gasteiger partial charge in [-0.05, 0) is 26.7 Å². The maximum absolute atomic E-state index is 4.72. The first kappa shape index (κ1) is 12.0. The molecule has 0 atom stereocenters. The Balaban J connectivity index is 2.93. The van der Waals surface area contributed by atoms with E-state index in [9.17, 15) is 0 Å². The van der Waals surface area contributed by atoms with Crippen LogP contribution in [0.15, 0.2) is 41.1 Å². The van der Waals surface area contributed by atoms with Crippen LogP contribution < -0.4 is 0 Å². The average Bonchev–Trinajstić information content (AvgIpc) is 2.61. The summed E-state index contributed by atoms with van der Waals surface area (Å²) in [6.45, 7) is 10.7. The Kier molecular flexibility index (Phi) is 3.67. The average molecular weight is 203 g/mol. The maximum atomic E-state index is 4.72. The fourth-order valence-corrected chi connectivity index (χ4v) is 1.65. The van der Waals surface area contributed by atoms with Gasteiger partial charge in [0, 0.05) is 16.8 Å². The van der Waals surface area contributed by atoms with Crippen LogP contribution in [0.5, 0.6) is 0 Å². The van der Waals surface area contributed by atoms with Crippen molar-refractivity contribution in [1.82, 2.24) is 0 Å². The van der Waals surface area contributed by atoms with Crippen molar-refractivity contribution < 1.29 is 0 Å². The summed E-state index contributed by atoms with van der Waals surface area (Å²) in [7, 11) is 0. The first-order valence-electron chi connectivity index (χ1n) is 5.58. The van der Waals surface area contributed by atoms with Gasteiger partial charge in [-0.15, -0.1) is 0 Å². The zero-order valence-electron chi connectivity index (χ0n) is 10.4. The third kappa shape index (κ3) is 2.68. The monoisotopic (exact) mass is 203 g/mol. The molecule has 1 aliphatic rings. The quantitative estimate of drug-likeness (QED) is 0.611. The molecular formula is C14H21N. The predicted molar refractivity (Wildman–Crippen MR) is 68.1 cm³/mol. The molecule has 1 rings (SSSR count). The van der Waals surface area contributed by atoms with Gasteiger partial charge in [-0.25, -0.2) is 0 Å². The fourth-order valence-electron chi connectivity index (χ4n) is 1.65. The van der Waals surface area contributed by atoms with Crippen molar-refractivity contribution >= 4 is 5.71 Å². The molecule has 0 unspecified atom stereocenters. The van der Waals surface area contributed by atoms with Gasteiger partial charge in [-0.2, -0.15) is 0 Å². The van der Waals surface area contributed by atoms with E-state index in [0.29, 0.717) is 5.92 Å². The van der Waals surface area contributed by atoms with Gasteiger partial charge in [0.1, 0.15) is 0 Å². The zero-order valence-corrected chi connectivity index (χ0v) is 10.4. The van der Waals surface area contributed by atoms with Crippen molar-refractivity contribution in [3.05, 3.63) is 36.1 Å². The molecule has 0 N–H and O–H groups in total. The molecule has 1 aliphatic carbocycles. The summed E-state index contributed by atoms with van der Waals surface area (Å²) < 4.78 is 0. The van der Waals surface area contributed by atoms with E-state index in [1.807, 2.05) is 0 Å². The number of hydrogen-bond donors (Lipinski definition) is 0. The molecule has 0 heterocycles. The van der Waals surface area contributed by atoms with Gasteiger partial charge in [-0.1, -0.05) is 44.2 Å². The van der Waals surface area contributed by atoms with Crippen LogP contribution in [0, 0.1) is 11.3 Å². The minimum absolute atomic E-state index is 0.0170. The van der Waals surface area contributed by atoms with Crippen molar-refractivity contribution in [3.63, 3.8) is 0 Å². The van der Waals surface area contributed by atoms with Gasteiger partial charge >= 0.3 is 0 Å². The molecule has 82 valence electrons. The standard InChI is InChI=1S/C14H21N/c1-6-13(11(2)3)15-12(4)14(5)9-7-8-10-14/h6-11H,1-5H3/b13-6-,15-12?. The summed E-state index contributed by atoms with van der Waals surface area (Å²) in [5.74, 6) is 0.489. The molecule has 0 amide bonds. The zero-order chi connectivity index (χ0) is 11.5. The second kappa shape index (κ2) is 4.61. The molecule has 0 spiro atoms. The summed E-state index contributed by atoms with van der Waals surface area (Å²) >= 11 is 0. The van der Waals surface area contributed by atoms with Crippen molar-refractivity contribution in [2.45, 2.75) is 34.6 Å². The summed E-state index contributed by atoms with van der Waals surface area (Å²) in [4.78, 5) is 4.72. The summed E-state index contributed by atoms with van der Waals surface area (Å²) in [5, 5.41) is 0. The summed E-state index contributed by atoms with van der Waals surface area (Å²) in [6.07, 6.45) is 10.7. The molecule has 15 heavy (non-hydrogen) atoms. The lowest BCUT2D eigenvalue weighted by molar-refractivity contribution is 0.733. The number of hydrogen-bond acceptors (Lipinski definition) is 1. The van der Waals surface area contributed by atoms with E-state index in [1.165, 1.54) is 5.70 Å². The first-order chi connectivity index (χ1) is 6.99. The topological polar surface area (TPSA) is 12.4 Å². The van der Waals surface area contributed by atoms with Crippen molar-refractivity contribution in [2.24, 2.45) is 16.3 Å². The highest BCUT2D eigenvalue weighted by Gasteiger charge is 2.23. The normalized spacial score (nSPS) is 20.4. The second-order valence-corrected chi connectivity index (χ2v) is 4.57. The van der Waals surface area contributed by atoms with Crippen molar-refractivity contribution in [2.75, 3.05) is 0 Å². The molecule has 0 bridgehead atoms. The molecular weight excluding hydrogens is 182 g/mol. The van der Waals surface area contributed by atoms with Crippen LogP contribution in [0.4, 0.5) is 0 Å². The van der Waals surface area contributed by atoms with E-state index in [4.69, 9.17) is 4.99 Å². The molecule has 0 aromatic rings. The van der Waals surface area contributed by atoms with E-state index >= 15 is 0 Å². The van der Waals surface area contributed by atoms with Gasteiger partial charge in [-0.3, -0.25) is 4.99 Å². The lowest BCUT2D eigenvalue weighted by atomic mass is 9.87. The van der Waals surface area contributed by atoms with Gasteiger partial charge in [0.25, 0.3) is 0 Å². The predicted octanol–water partition coefficient (Wildman–Crippen LogP) is 4.14. The van der Waals surface area contributed by atoms with Gasteiger partial charge in [0.15, 0.2) is 0 Å². The van der Waals surface area contributed by atoms with Crippen LogP contribution >= 0.6 is 0 Å². The third-order valence-corrected chi connectivity index (χ3v) is 2.96. The number of rotatable bonds is 3. The molecule has 0 aliphatic heterocycles. The Bertz CT molecular complexity index is 328. The second-order valence-electron chi connectivity index (χ2n) is 4.57. The molecule has 0 aromatic carbocycles. The Morgan fingerprint density at radius 3 is 2.20 bits per heavy atom. The van der Waals surface area contributed by atoms with Crippen molar-refractivity contribution in [3.8, 4) is 0 Å². The van der Waals surface area contributed by atoms with Crippen LogP contribution in [0.25, 0.3) is 0 Å². The van der Waals surface area contributed by atoms with Crippen LogP contribution in [0.2, 0.25) is 0 Å². The van der Waals surface area contributed by atoms with Crippen LogP contribution in [0.1, 0.15) is 34.6 Å². The Hall–Kier alpha value is -1.11. The molecule has 0 radical (unpaired) electrons. The summed E-state index contributed by atoms with van der Waals surface area (Å²) in [5.41, 5.74) is 2.35.